The molecule has 1 aliphatic heterocycles. The highest BCUT2D eigenvalue weighted by Crippen LogP contribution is 2.34. The van der Waals surface area contributed by atoms with Gasteiger partial charge in [0.05, 0.1) is 15.4 Å². The van der Waals surface area contributed by atoms with Crippen LogP contribution in [0.5, 0.6) is 11.5 Å². The minimum Gasteiger partial charge on any atom is -0.486 e. The molecule has 0 saturated heterocycles. The van der Waals surface area contributed by atoms with E-state index in [4.69, 9.17) is 9.47 Å². The Morgan fingerprint density at radius 1 is 1.15 bits per heavy atom. The molecule has 27 heavy (non-hydrogen) atoms. The zero-order valence-electron chi connectivity index (χ0n) is 14.9. The first-order valence-electron chi connectivity index (χ1n) is 8.51. The topological polar surface area (TPSA) is 90.7 Å². The first-order chi connectivity index (χ1) is 12.9. The number of nitro groups is 1. The van der Waals surface area contributed by atoms with E-state index in [-0.39, 0.29) is 29.1 Å². The molecule has 1 N–H and O–H groups in total. The first-order valence-corrected chi connectivity index (χ1v) is 9.30. The summed E-state index contributed by atoms with van der Waals surface area (Å²) in [5.41, 5.74) is 0.963. The summed E-state index contributed by atoms with van der Waals surface area (Å²) in [6.45, 7) is 4.98. The van der Waals surface area contributed by atoms with Crippen LogP contribution in [0.1, 0.15) is 35.8 Å². The van der Waals surface area contributed by atoms with E-state index in [9.17, 15) is 14.9 Å². The second-order valence-electron chi connectivity index (χ2n) is 6.52. The van der Waals surface area contributed by atoms with Gasteiger partial charge in [0.15, 0.2) is 11.5 Å². The molecule has 0 spiro atoms. The molecular weight excluding hydrogens is 416 g/mol. The van der Waals surface area contributed by atoms with Crippen molar-refractivity contribution < 1.29 is 19.2 Å². The van der Waals surface area contributed by atoms with Gasteiger partial charge in [0, 0.05) is 11.6 Å². The molecule has 1 unspecified atom stereocenters. The van der Waals surface area contributed by atoms with E-state index in [0.29, 0.717) is 29.2 Å². The van der Waals surface area contributed by atoms with Crippen LogP contribution in [0.25, 0.3) is 0 Å². The number of ether oxygens (including phenoxy) is 2. The van der Waals surface area contributed by atoms with Gasteiger partial charge in [-0.3, -0.25) is 14.9 Å². The lowest BCUT2D eigenvalue weighted by Gasteiger charge is -2.25. The Morgan fingerprint density at radius 3 is 2.52 bits per heavy atom. The van der Waals surface area contributed by atoms with Gasteiger partial charge in [0.1, 0.15) is 13.2 Å². The molecule has 0 aliphatic carbocycles. The Morgan fingerprint density at radius 2 is 1.85 bits per heavy atom. The molecule has 0 bridgehead atoms. The molecule has 142 valence electrons. The van der Waals surface area contributed by atoms with Crippen molar-refractivity contribution in [1.29, 1.82) is 0 Å². The van der Waals surface area contributed by atoms with Crippen LogP contribution < -0.4 is 14.8 Å². The number of hydrogen-bond donors (Lipinski definition) is 1. The predicted octanol–water partition coefficient (Wildman–Crippen LogP) is 4.26. The number of nitro benzene ring substituents is 1. The van der Waals surface area contributed by atoms with Crippen molar-refractivity contribution in [3.63, 3.8) is 0 Å². The van der Waals surface area contributed by atoms with Crippen molar-refractivity contribution in [3.05, 3.63) is 62.1 Å². The number of nitrogens with zero attached hydrogens (tertiary/aromatic N) is 1. The first kappa shape index (κ1) is 19.2. The SMILES string of the molecule is CC(C)C(NC(=O)c1ccc(Br)c([N+](=O)[O-])c1)c1ccc2c(c1)OCCO2. The quantitative estimate of drug-likeness (QED) is 0.560. The number of nitrogens with one attached hydrogen (secondary N) is 1. The number of rotatable bonds is 5. The number of amides is 1. The number of carbonyl (C=O) groups excluding carboxylic acids is 1. The van der Waals surface area contributed by atoms with E-state index < -0.39 is 4.92 Å². The third kappa shape index (κ3) is 4.21. The summed E-state index contributed by atoms with van der Waals surface area (Å²) in [6.07, 6.45) is 0. The van der Waals surface area contributed by atoms with Crippen LogP contribution in [0.4, 0.5) is 5.69 Å². The number of hydrogen-bond acceptors (Lipinski definition) is 5. The van der Waals surface area contributed by atoms with Crippen molar-refractivity contribution in [2.24, 2.45) is 5.92 Å². The predicted molar refractivity (Wildman–Crippen MR) is 103 cm³/mol. The molecule has 1 heterocycles. The highest BCUT2D eigenvalue weighted by molar-refractivity contribution is 9.10. The molecule has 3 rings (SSSR count). The molecule has 0 saturated carbocycles. The van der Waals surface area contributed by atoms with Gasteiger partial charge in [0.25, 0.3) is 11.6 Å². The van der Waals surface area contributed by atoms with Gasteiger partial charge >= 0.3 is 0 Å². The molecule has 0 radical (unpaired) electrons. The van der Waals surface area contributed by atoms with Crippen LogP contribution in [0.15, 0.2) is 40.9 Å². The highest BCUT2D eigenvalue weighted by Gasteiger charge is 2.23. The maximum absolute atomic E-state index is 12.7. The Bertz CT molecular complexity index is 884. The Kier molecular flexibility index (Phi) is 5.65. The van der Waals surface area contributed by atoms with Crippen LogP contribution >= 0.6 is 15.9 Å². The number of carbonyl (C=O) groups is 1. The molecule has 2 aromatic carbocycles. The molecule has 7 nitrogen and oxygen atoms in total. The van der Waals surface area contributed by atoms with E-state index in [0.717, 1.165) is 5.56 Å². The lowest BCUT2D eigenvalue weighted by atomic mass is 9.95. The van der Waals surface area contributed by atoms with Gasteiger partial charge in [-0.2, -0.15) is 0 Å². The van der Waals surface area contributed by atoms with Crippen LogP contribution in [0.3, 0.4) is 0 Å². The Labute approximate surface area is 164 Å². The molecule has 1 atom stereocenters. The van der Waals surface area contributed by atoms with E-state index in [1.165, 1.54) is 12.1 Å². The van der Waals surface area contributed by atoms with Gasteiger partial charge in [-0.1, -0.05) is 19.9 Å². The van der Waals surface area contributed by atoms with Gasteiger partial charge in [-0.15, -0.1) is 0 Å². The van der Waals surface area contributed by atoms with Crippen LogP contribution in [0, 0.1) is 16.0 Å². The Hall–Kier alpha value is -2.61. The molecule has 1 amide bonds. The monoisotopic (exact) mass is 434 g/mol. The van der Waals surface area contributed by atoms with Crippen molar-refractivity contribution in [2.75, 3.05) is 13.2 Å². The van der Waals surface area contributed by atoms with Crippen molar-refractivity contribution in [3.8, 4) is 11.5 Å². The van der Waals surface area contributed by atoms with Crippen molar-refractivity contribution >= 4 is 27.5 Å². The minimum atomic E-state index is -0.526. The van der Waals surface area contributed by atoms with Gasteiger partial charge in [-0.25, -0.2) is 0 Å². The fourth-order valence-corrected chi connectivity index (χ4v) is 3.30. The largest absolute Gasteiger partial charge is 0.486 e. The highest BCUT2D eigenvalue weighted by atomic mass is 79.9. The summed E-state index contributed by atoms with van der Waals surface area (Å²) in [5.74, 6) is 1.06. The lowest BCUT2D eigenvalue weighted by molar-refractivity contribution is -0.385. The lowest BCUT2D eigenvalue weighted by Crippen LogP contribution is -2.32. The van der Waals surface area contributed by atoms with Crippen LogP contribution in [-0.4, -0.2) is 24.0 Å². The smallest absolute Gasteiger partial charge is 0.284 e. The number of fused-ring (bicyclic) bond motifs is 1. The summed E-state index contributed by atoms with van der Waals surface area (Å²) >= 11 is 3.13. The van der Waals surface area contributed by atoms with E-state index in [2.05, 4.69) is 21.2 Å². The van der Waals surface area contributed by atoms with Crippen LogP contribution in [0.2, 0.25) is 0 Å². The van der Waals surface area contributed by atoms with Gasteiger partial charge in [-0.05, 0) is 51.7 Å². The fraction of sp³-hybridized carbons (Fsp3) is 0.316. The summed E-state index contributed by atoms with van der Waals surface area (Å²) < 4.78 is 11.5. The minimum absolute atomic E-state index is 0.0990. The van der Waals surface area contributed by atoms with Crippen molar-refractivity contribution in [1.82, 2.24) is 5.32 Å². The molecule has 0 fully saturated rings. The molecule has 8 heteroatoms. The van der Waals surface area contributed by atoms with Gasteiger partial charge in [0.2, 0.25) is 0 Å². The zero-order chi connectivity index (χ0) is 19.6. The second-order valence-corrected chi connectivity index (χ2v) is 7.38. The third-order valence-electron chi connectivity index (χ3n) is 4.28. The maximum Gasteiger partial charge on any atom is 0.284 e. The average Bonchev–Trinajstić information content (AvgIpc) is 2.65. The van der Waals surface area contributed by atoms with E-state index in [1.807, 2.05) is 32.0 Å². The normalized spacial score (nSPS) is 13.9. The fourth-order valence-electron chi connectivity index (χ4n) is 2.91. The van der Waals surface area contributed by atoms with E-state index >= 15 is 0 Å². The van der Waals surface area contributed by atoms with Crippen LogP contribution in [-0.2, 0) is 0 Å². The van der Waals surface area contributed by atoms with Crippen molar-refractivity contribution in [2.45, 2.75) is 19.9 Å². The summed E-state index contributed by atoms with van der Waals surface area (Å²) in [7, 11) is 0. The molecular formula is C19H19BrN2O5. The van der Waals surface area contributed by atoms with Gasteiger partial charge < -0.3 is 14.8 Å². The third-order valence-corrected chi connectivity index (χ3v) is 4.95. The Balaban J connectivity index is 1.85. The number of benzene rings is 2. The summed E-state index contributed by atoms with van der Waals surface area (Å²) in [4.78, 5) is 23.3. The maximum atomic E-state index is 12.7. The van der Waals surface area contributed by atoms with E-state index in [1.54, 1.807) is 6.07 Å². The zero-order valence-corrected chi connectivity index (χ0v) is 16.5. The standard InChI is InChI=1S/C19H19BrN2O5/c1-11(2)18(12-4-6-16-17(10-12)27-8-7-26-16)21-19(23)13-3-5-14(20)15(9-13)22(24)25/h3-6,9-11,18H,7-8H2,1-2H3,(H,21,23). The molecule has 2 aromatic rings. The summed E-state index contributed by atoms with van der Waals surface area (Å²) in [5, 5.41) is 14.1. The molecule has 1 aliphatic rings. The average molecular weight is 435 g/mol. The number of halogens is 1. The second kappa shape index (κ2) is 7.96. The molecule has 0 aromatic heterocycles. The summed E-state index contributed by atoms with van der Waals surface area (Å²) in [6, 6.07) is 9.62.